The van der Waals surface area contributed by atoms with E-state index in [1.54, 1.807) is 13.8 Å². The van der Waals surface area contributed by atoms with Gasteiger partial charge in [0.15, 0.2) is 5.76 Å². The number of ether oxygens (including phenoxy) is 2. The van der Waals surface area contributed by atoms with Crippen LogP contribution < -0.4 is 16.1 Å². The Morgan fingerprint density at radius 2 is 1.76 bits per heavy atom. The van der Waals surface area contributed by atoms with Crippen LogP contribution in [0.4, 0.5) is 4.79 Å². The first-order valence-electron chi connectivity index (χ1n) is 14.4. The van der Waals surface area contributed by atoms with Crippen LogP contribution in [0.15, 0.2) is 47.7 Å². The summed E-state index contributed by atoms with van der Waals surface area (Å²) in [6, 6.07) is 8.00. The first-order valence-corrected chi connectivity index (χ1v) is 14.4. The lowest BCUT2D eigenvalue weighted by Gasteiger charge is -2.35. The Balaban J connectivity index is 1.55. The van der Waals surface area contributed by atoms with E-state index in [0.29, 0.717) is 31.4 Å². The SMILES string of the molecule is CC(C)=C1OC(=O)OCCCC/C=C/c2ccc3ccc(nc3c2)[C@@H](C)NC(=O)[C@@H]2CCCN(N2)C(=O)[C@H](C)NC1=O. The molecule has 1 saturated heterocycles. The van der Waals surface area contributed by atoms with Gasteiger partial charge in [0.2, 0.25) is 5.91 Å². The fourth-order valence-corrected chi connectivity index (χ4v) is 4.80. The van der Waals surface area contributed by atoms with Crippen molar-refractivity contribution in [3.05, 3.63) is 59.0 Å². The lowest BCUT2D eigenvalue weighted by molar-refractivity contribution is -0.142. The van der Waals surface area contributed by atoms with Crippen molar-refractivity contribution in [1.82, 2.24) is 26.1 Å². The molecule has 11 heteroatoms. The maximum atomic E-state index is 13.2. The van der Waals surface area contributed by atoms with Gasteiger partial charge in [-0.05, 0) is 83.1 Å². The predicted molar refractivity (Wildman–Crippen MR) is 157 cm³/mol. The van der Waals surface area contributed by atoms with Crippen molar-refractivity contribution in [3.63, 3.8) is 0 Å². The molecule has 4 rings (SSSR count). The van der Waals surface area contributed by atoms with Crippen LogP contribution in [0.25, 0.3) is 17.0 Å². The summed E-state index contributed by atoms with van der Waals surface area (Å²) in [7, 11) is 0. The van der Waals surface area contributed by atoms with Gasteiger partial charge in [0.1, 0.15) is 12.1 Å². The van der Waals surface area contributed by atoms with Crippen molar-refractivity contribution < 1.29 is 28.7 Å². The molecule has 2 aromatic rings. The summed E-state index contributed by atoms with van der Waals surface area (Å²) in [6.45, 7) is 7.18. The van der Waals surface area contributed by atoms with Gasteiger partial charge in [-0.25, -0.2) is 10.2 Å². The van der Waals surface area contributed by atoms with E-state index in [0.717, 1.165) is 35.0 Å². The van der Waals surface area contributed by atoms with Gasteiger partial charge in [0, 0.05) is 11.9 Å². The molecule has 3 N–H and O–H groups in total. The molecule has 0 radical (unpaired) electrons. The highest BCUT2D eigenvalue weighted by Gasteiger charge is 2.32. The minimum atomic E-state index is -0.981. The first kappa shape index (κ1) is 30.7. The van der Waals surface area contributed by atoms with Crippen molar-refractivity contribution in [3.8, 4) is 0 Å². The van der Waals surface area contributed by atoms with Crippen molar-refractivity contribution >= 4 is 40.9 Å². The molecule has 3 heterocycles. The molecule has 1 aromatic heterocycles. The molecule has 0 saturated carbocycles. The summed E-state index contributed by atoms with van der Waals surface area (Å²) in [6.07, 6.45) is 6.44. The fourth-order valence-electron chi connectivity index (χ4n) is 4.80. The largest absolute Gasteiger partial charge is 0.514 e. The molecule has 0 aliphatic carbocycles. The Bertz CT molecular complexity index is 1400. The minimum Gasteiger partial charge on any atom is -0.434 e. The van der Waals surface area contributed by atoms with Crippen molar-refractivity contribution in [1.29, 1.82) is 0 Å². The molecule has 3 amide bonds. The number of cyclic esters (lactones) is 2. The molecule has 224 valence electrons. The zero-order valence-electron chi connectivity index (χ0n) is 24.6. The van der Waals surface area contributed by atoms with E-state index in [1.165, 1.54) is 11.9 Å². The Labute approximate surface area is 245 Å². The number of allylic oxidation sites excluding steroid dienone is 2. The van der Waals surface area contributed by atoms with Crippen molar-refractivity contribution in [2.75, 3.05) is 13.2 Å². The molecule has 3 atom stereocenters. The van der Waals surface area contributed by atoms with Gasteiger partial charge in [-0.1, -0.05) is 30.4 Å². The number of hydrazine groups is 1. The van der Waals surface area contributed by atoms with Crippen LogP contribution in [0.2, 0.25) is 0 Å². The lowest BCUT2D eigenvalue weighted by atomic mass is 10.1. The molecule has 2 aliphatic heterocycles. The molecular weight excluding hydrogens is 538 g/mol. The number of aromatic nitrogens is 1. The summed E-state index contributed by atoms with van der Waals surface area (Å²) < 4.78 is 10.4. The number of benzene rings is 1. The number of rotatable bonds is 0. The summed E-state index contributed by atoms with van der Waals surface area (Å²) in [5.74, 6) is -1.60. The molecule has 2 aliphatic rings. The highest BCUT2D eigenvalue weighted by molar-refractivity contribution is 5.97. The Morgan fingerprint density at radius 1 is 0.976 bits per heavy atom. The molecule has 0 unspecified atom stereocenters. The van der Waals surface area contributed by atoms with Crippen LogP contribution in [-0.2, 0) is 23.9 Å². The van der Waals surface area contributed by atoms with Crippen LogP contribution >= 0.6 is 0 Å². The van der Waals surface area contributed by atoms with E-state index in [4.69, 9.17) is 14.5 Å². The normalized spacial score (nSPS) is 24.2. The highest BCUT2D eigenvalue weighted by atomic mass is 16.7. The fraction of sp³-hybridized carbons (Fsp3) is 0.452. The second-order valence-corrected chi connectivity index (χ2v) is 10.9. The van der Waals surface area contributed by atoms with Crippen LogP contribution in [-0.4, -0.2) is 59.1 Å². The predicted octanol–water partition coefficient (Wildman–Crippen LogP) is 4.06. The second-order valence-electron chi connectivity index (χ2n) is 10.9. The Hall–Kier alpha value is -4.25. The number of hydrogen-bond acceptors (Lipinski definition) is 8. The third-order valence-electron chi connectivity index (χ3n) is 7.17. The van der Waals surface area contributed by atoms with E-state index in [-0.39, 0.29) is 24.3 Å². The third-order valence-corrected chi connectivity index (χ3v) is 7.17. The summed E-state index contributed by atoms with van der Waals surface area (Å²) in [5.41, 5.74) is 6.02. The number of amides is 3. The van der Waals surface area contributed by atoms with Crippen LogP contribution in [0.3, 0.4) is 0 Å². The van der Waals surface area contributed by atoms with Gasteiger partial charge in [0.05, 0.1) is 23.9 Å². The second kappa shape index (κ2) is 14.1. The molecule has 5 bridgehead atoms. The first-order chi connectivity index (χ1) is 20.1. The zero-order valence-corrected chi connectivity index (χ0v) is 24.6. The third kappa shape index (κ3) is 7.94. The molecule has 11 nitrogen and oxygen atoms in total. The number of hydrogen-bond donors (Lipinski definition) is 3. The van der Waals surface area contributed by atoms with Crippen LogP contribution in [0.5, 0.6) is 0 Å². The average molecular weight is 578 g/mol. The van der Waals surface area contributed by atoms with Gasteiger partial charge >= 0.3 is 6.16 Å². The molecule has 1 aromatic carbocycles. The average Bonchev–Trinajstić information content (AvgIpc) is 2.97. The maximum Gasteiger partial charge on any atom is 0.514 e. The number of fused-ring (bicyclic) bond motifs is 4. The molecular formula is C31H39N5O6. The number of nitrogens with one attached hydrogen (secondary N) is 3. The lowest BCUT2D eigenvalue weighted by Crippen LogP contribution is -2.60. The Morgan fingerprint density at radius 3 is 2.55 bits per heavy atom. The van der Waals surface area contributed by atoms with Crippen LogP contribution in [0.1, 0.15) is 77.1 Å². The zero-order chi connectivity index (χ0) is 30.2. The van der Waals surface area contributed by atoms with Gasteiger partial charge in [0.25, 0.3) is 11.8 Å². The Kier molecular flexibility index (Phi) is 10.3. The van der Waals surface area contributed by atoms with Gasteiger partial charge < -0.3 is 20.1 Å². The van der Waals surface area contributed by atoms with E-state index < -0.39 is 30.1 Å². The van der Waals surface area contributed by atoms with E-state index in [2.05, 4.69) is 22.1 Å². The summed E-state index contributed by atoms with van der Waals surface area (Å²) in [4.78, 5) is 56.3. The minimum absolute atomic E-state index is 0.147. The highest BCUT2D eigenvalue weighted by Crippen LogP contribution is 2.20. The monoisotopic (exact) mass is 577 g/mol. The summed E-state index contributed by atoms with van der Waals surface area (Å²) in [5, 5.41) is 7.95. The van der Waals surface area contributed by atoms with Gasteiger partial charge in [-0.15, -0.1) is 0 Å². The van der Waals surface area contributed by atoms with E-state index in [1.807, 2.05) is 43.3 Å². The molecule has 1 fully saturated rings. The van der Waals surface area contributed by atoms with Gasteiger partial charge in [-0.3, -0.25) is 24.4 Å². The van der Waals surface area contributed by atoms with E-state index in [9.17, 15) is 19.2 Å². The standard InChI is InChI=1S/C31H39N5O6/c1-19(2)27-29(38)33-21(4)30(39)36-16-9-11-25(35-36)28(37)32-20(3)24-15-14-23-13-12-22(18-26(23)34-24)10-7-5-6-8-17-41-31(40)42-27/h7,10,12-15,18,20-21,25,35H,5-6,8-9,11,16-17H2,1-4H3,(H,32,37)(H,33,38)/b10-7+/t20-,21+,25+/m1/s1. The number of pyridine rings is 1. The quantitative estimate of drug-likeness (QED) is 0.315. The number of carbonyl (C=O) groups is 4. The molecule has 42 heavy (non-hydrogen) atoms. The van der Waals surface area contributed by atoms with Crippen molar-refractivity contribution in [2.45, 2.75) is 77.9 Å². The topological polar surface area (TPSA) is 139 Å². The number of nitrogens with zero attached hydrogens (tertiary/aromatic N) is 2. The van der Waals surface area contributed by atoms with Crippen LogP contribution in [0, 0.1) is 0 Å². The van der Waals surface area contributed by atoms with Crippen molar-refractivity contribution in [2.24, 2.45) is 0 Å². The smallest absolute Gasteiger partial charge is 0.434 e. The van der Waals surface area contributed by atoms with E-state index >= 15 is 0 Å². The molecule has 0 spiro atoms. The van der Waals surface area contributed by atoms with Gasteiger partial charge in [-0.2, -0.15) is 0 Å². The summed E-state index contributed by atoms with van der Waals surface area (Å²) >= 11 is 0. The number of carbonyl (C=O) groups excluding carboxylic acids is 4. The maximum absolute atomic E-state index is 13.2.